The van der Waals surface area contributed by atoms with Crippen LogP contribution in [0.4, 0.5) is 0 Å². The molecule has 3 N–H and O–H groups in total. The zero-order valence-electron chi connectivity index (χ0n) is 5.76. The van der Waals surface area contributed by atoms with Crippen LogP contribution in [0.3, 0.4) is 0 Å². The second-order valence-corrected chi connectivity index (χ2v) is 3.23. The highest BCUT2D eigenvalue weighted by molar-refractivity contribution is 5.86. The predicted molar refractivity (Wildman–Crippen MR) is 37.0 cm³/mol. The Balaban J connectivity index is 2.23. The fourth-order valence-corrected chi connectivity index (χ4v) is 1.90. The maximum Gasteiger partial charge on any atom is 0.237 e. The van der Waals surface area contributed by atoms with E-state index in [9.17, 15) is 4.79 Å². The molecule has 1 radical (unpaired) electrons. The molecule has 2 atom stereocenters. The van der Waals surface area contributed by atoms with Gasteiger partial charge in [-0.3, -0.25) is 4.79 Å². The Hall–Kier alpha value is -0.570. The monoisotopic (exact) mass is 139 g/mol. The maximum atomic E-state index is 10.9. The standard InChI is InChI=1S/C7H11N2O/c8-6(10)7-2-1-5(3-7)4-9-7/h1,5,9H,2-4H2,(H2,8,10). The number of piperidine rings is 1. The van der Waals surface area contributed by atoms with Crippen molar-refractivity contribution < 1.29 is 4.79 Å². The van der Waals surface area contributed by atoms with Gasteiger partial charge in [0.1, 0.15) is 0 Å². The second kappa shape index (κ2) is 1.72. The quantitative estimate of drug-likeness (QED) is 0.511. The zero-order chi connectivity index (χ0) is 7.19. The molecule has 0 spiro atoms. The van der Waals surface area contributed by atoms with E-state index in [0.717, 1.165) is 19.4 Å². The van der Waals surface area contributed by atoms with Crippen molar-refractivity contribution in [3.05, 3.63) is 6.42 Å². The van der Waals surface area contributed by atoms with Crippen LogP contribution in [-0.4, -0.2) is 18.0 Å². The minimum absolute atomic E-state index is 0.191. The number of rotatable bonds is 1. The number of carbonyl (C=O) groups is 1. The predicted octanol–water partition coefficient (Wildman–Crippen LogP) is -0.572. The average Bonchev–Trinajstić information content (AvgIpc) is 2.45. The topological polar surface area (TPSA) is 55.1 Å². The van der Waals surface area contributed by atoms with E-state index in [1.165, 1.54) is 0 Å². The largest absolute Gasteiger partial charge is 0.368 e. The second-order valence-electron chi connectivity index (χ2n) is 3.23. The molecule has 3 heteroatoms. The molecule has 55 valence electrons. The van der Waals surface area contributed by atoms with E-state index < -0.39 is 0 Å². The summed E-state index contributed by atoms with van der Waals surface area (Å²) in [6.07, 6.45) is 3.94. The normalized spacial score (nSPS) is 44.2. The number of primary amides is 1. The van der Waals surface area contributed by atoms with Gasteiger partial charge in [-0.05, 0) is 31.7 Å². The molecule has 10 heavy (non-hydrogen) atoms. The summed E-state index contributed by atoms with van der Waals surface area (Å²) in [5.74, 6) is 0.399. The van der Waals surface area contributed by atoms with Gasteiger partial charge in [0.2, 0.25) is 5.91 Å². The lowest BCUT2D eigenvalue weighted by Crippen LogP contribution is -2.51. The number of nitrogens with one attached hydrogen (secondary N) is 1. The molecule has 3 nitrogen and oxygen atoms in total. The van der Waals surface area contributed by atoms with Gasteiger partial charge in [-0.25, -0.2) is 0 Å². The summed E-state index contributed by atoms with van der Waals surface area (Å²) in [6.45, 7) is 0.933. The minimum atomic E-state index is -0.356. The third-order valence-electron chi connectivity index (χ3n) is 2.58. The molecule has 0 aromatic heterocycles. The van der Waals surface area contributed by atoms with Crippen molar-refractivity contribution in [2.45, 2.75) is 18.4 Å². The fraction of sp³-hybridized carbons (Fsp3) is 0.714. The zero-order valence-corrected chi connectivity index (χ0v) is 5.76. The molecular formula is C7H11N2O. The van der Waals surface area contributed by atoms with Crippen LogP contribution in [0.2, 0.25) is 0 Å². The molecule has 2 fully saturated rings. The summed E-state index contributed by atoms with van der Waals surface area (Å²) in [4.78, 5) is 10.9. The Morgan fingerprint density at radius 3 is 2.80 bits per heavy atom. The van der Waals surface area contributed by atoms with E-state index in [4.69, 9.17) is 5.73 Å². The van der Waals surface area contributed by atoms with Crippen molar-refractivity contribution in [3.8, 4) is 0 Å². The summed E-state index contributed by atoms with van der Waals surface area (Å²) in [7, 11) is 0. The lowest BCUT2D eigenvalue weighted by atomic mass is 9.99. The van der Waals surface area contributed by atoms with Crippen LogP contribution >= 0.6 is 0 Å². The van der Waals surface area contributed by atoms with Gasteiger partial charge < -0.3 is 11.1 Å². The molecule has 1 amide bonds. The van der Waals surface area contributed by atoms with Gasteiger partial charge in [0, 0.05) is 0 Å². The average molecular weight is 139 g/mol. The third kappa shape index (κ3) is 0.611. The molecule has 2 bridgehead atoms. The minimum Gasteiger partial charge on any atom is -0.368 e. The van der Waals surface area contributed by atoms with Crippen LogP contribution in [-0.2, 0) is 4.79 Å². The first-order chi connectivity index (χ1) is 4.73. The van der Waals surface area contributed by atoms with Gasteiger partial charge in [0.05, 0.1) is 5.54 Å². The number of fused-ring (bicyclic) bond motifs is 2. The number of carbonyl (C=O) groups excluding carboxylic acids is 1. The highest BCUT2D eigenvalue weighted by Crippen LogP contribution is 2.38. The van der Waals surface area contributed by atoms with Gasteiger partial charge in [-0.1, -0.05) is 0 Å². The van der Waals surface area contributed by atoms with E-state index in [2.05, 4.69) is 11.7 Å². The molecule has 0 aromatic carbocycles. The van der Waals surface area contributed by atoms with E-state index in [1.54, 1.807) is 0 Å². The summed E-state index contributed by atoms with van der Waals surface area (Å²) in [5.41, 5.74) is 4.89. The molecule has 2 unspecified atom stereocenters. The number of nitrogens with two attached hydrogens (primary N) is 1. The van der Waals surface area contributed by atoms with Crippen molar-refractivity contribution in [1.82, 2.24) is 5.32 Å². The van der Waals surface area contributed by atoms with Crippen LogP contribution in [0, 0.1) is 12.3 Å². The molecule has 2 rings (SSSR count). The maximum absolute atomic E-state index is 10.9. The smallest absolute Gasteiger partial charge is 0.237 e. The summed E-state index contributed by atoms with van der Waals surface area (Å²) in [5, 5.41) is 3.16. The number of hydrogen-bond acceptors (Lipinski definition) is 2. The van der Waals surface area contributed by atoms with Gasteiger partial charge in [0.15, 0.2) is 0 Å². The van der Waals surface area contributed by atoms with Gasteiger partial charge >= 0.3 is 0 Å². The molecular weight excluding hydrogens is 128 g/mol. The lowest BCUT2D eigenvalue weighted by Gasteiger charge is -2.22. The molecule has 1 saturated carbocycles. The highest BCUT2D eigenvalue weighted by Gasteiger charge is 2.48. The highest BCUT2D eigenvalue weighted by atomic mass is 16.1. The molecule has 2 aliphatic rings. The van der Waals surface area contributed by atoms with Crippen molar-refractivity contribution in [3.63, 3.8) is 0 Å². The summed E-state index contributed by atoms with van der Waals surface area (Å²) < 4.78 is 0. The Kier molecular flexibility index (Phi) is 1.06. The first-order valence-corrected chi connectivity index (χ1v) is 3.61. The molecule has 1 aliphatic carbocycles. The third-order valence-corrected chi connectivity index (χ3v) is 2.58. The van der Waals surface area contributed by atoms with Crippen molar-refractivity contribution >= 4 is 5.91 Å². The van der Waals surface area contributed by atoms with Crippen LogP contribution in [0.5, 0.6) is 0 Å². The molecule has 1 aliphatic heterocycles. The SMILES string of the molecule is NC(=O)C12C[CH]C(CN1)C2. The van der Waals surface area contributed by atoms with E-state index >= 15 is 0 Å². The number of amides is 1. The lowest BCUT2D eigenvalue weighted by molar-refractivity contribution is -0.123. The van der Waals surface area contributed by atoms with Crippen LogP contribution in [0.15, 0.2) is 0 Å². The van der Waals surface area contributed by atoms with Gasteiger partial charge in [-0.2, -0.15) is 0 Å². The van der Waals surface area contributed by atoms with Gasteiger partial charge in [-0.15, -0.1) is 0 Å². The Morgan fingerprint density at radius 2 is 2.60 bits per heavy atom. The van der Waals surface area contributed by atoms with Crippen molar-refractivity contribution in [2.75, 3.05) is 6.54 Å². The van der Waals surface area contributed by atoms with Crippen molar-refractivity contribution in [1.29, 1.82) is 0 Å². The van der Waals surface area contributed by atoms with E-state index in [0.29, 0.717) is 5.92 Å². The molecule has 0 aromatic rings. The van der Waals surface area contributed by atoms with E-state index in [-0.39, 0.29) is 11.4 Å². The Morgan fingerprint density at radius 1 is 1.80 bits per heavy atom. The molecule has 1 heterocycles. The summed E-state index contributed by atoms with van der Waals surface area (Å²) in [6, 6.07) is 0. The van der Waals surface area contributed by atoms with E-state index in [1.807, 2.05) is 0 Å². The Bertz CT molecular complexity index is 170. The van der Waals surface area contributed by atoms with Gasteiger partial charge in [0.25, 0.3) is 0 Å². The number of hydrogen-bond donors (Lipinski definition) is 2. The first kappa shape index (κ1) is 6.16. The fourth-order valence-electron chi connectivity index (χ4n) is 1.90. The first-order valence-electron chi connectivity index (χ1n) is 3.61. The summed E-state index contributed by atoms with van der Waals surface area (Å²) >= 11 is 0. The Labute approximate surface area is 60.0 Å². The van der Waals surface area contributed by atoms with Crippen LogP contribution < -0.4 is 11.1 Å². The van der Waals surface area contributed by atoms with Crippen LogP contribution in [0.25, 0.3) is 0 Å². The van der Waals surface area contributed by atoms with Crippen molar-refractivity contribution in [2.24, 2.45) is 11.7 Å². The molecule has 1 saturated heterocycles. The van der Waals surface area contributed by atoms with Crippen LogP contribution in [0.1, 0.15) is 12.8 Å².